The van der Waals surface area contributed by atoms with Crippen LogP contribution < -0.4 is 4.90 Å². The van der Waals surface area contributed by atoms with Gasteiger partial charge >= 0.3 is 0 Å². The molecule has 1 heterocycles. The Hall–Kier alpha value is -0.730. The monoisotopic (exact) mass is 267 g/mol. The Morgan fingerprint density at radius 3 is 2.56 bits per heavy atom. The minimum absolute atomic E-state index is 0.502. The van der Waals surface area contributed by atoms with Gasteiger partial charge in [-0.05, 0) is 43.4 Å². The molecular weight excluding hydrogens is 246 g/mol. The Labute approximate surface area is 115 Å². The summed E-state index contributed by atoms with van der Waals surface area (Å²) in [6.07, 6.45) is 3.33. The van der Waals surface area contributed by atoms with Crippen molar-refractivity contribution >= 4 is 17.3 Å². The third-order valence-corrected chi connectivity index (χ3v) is 4.32. The van der Waals surface area contributed by atoms with Gasteiger partial charge < -0.3 is 10.0 Å². The molecule has 0 amide bonds. The molecule has 18 heavy (non-hydrogen) atoms. The highest BCUT2D eigenvalue weighted by Gasteiger charge is 2.18. The summed E-state index contributed by atoms with van der Waals surface area (Å²) in [5.41, 5.74) is 1.99. The number of hydrogen-bond donors (Lipinski definition) is 1. The molecule has 0 spiro atoms. The van der Waals surface area contributed by atoms with E-state index in [0.717, 1.165) is 24.6 Å². The van der Waals surface area contributed by atoms with Crippen molar-refractivity contribution in [3.05, 3.63) is 28.8 Å². The smallest absolute Gasteiger partial charge is 0.0776 e. The lowest BCUT2D eigenvalue weighted by molar-refractivity contribution is 0.199. The van der Waals surface area contributed by atoms with E-state index in [9.17, 15) is 5.11 Å². The van der Waals surface area contributed by atoms with Crippen LogP contribution in [0.1, 0.15) is 44.8 Å². The molecule has 1 atom stereocenters. The van der Waals surface area contributed by atoms with Gasteiger partial charge in [0.15, 0.2) is 0 Å². The van der Waals surface area contributed by atoms with Crippen LogP contribution in [0.5, 0.6) is 0 Å². The summed E-state index contributed by atoms with van der Waals surface area (Å²) < 4.78 is 0. The van der Waals surface area contributed by atoms with E-state index in [-0.39, 0.29) is 0 Å². The standard InChI is InChI=1S/C15H22ClNO/c1-3-12-6-8-17(9-7-12)13-4-5-14(11(2)18)15(16)10-13/h4-5,10-12,18H,3,6-9H2,1-2H3. The molecule has 1 aliphatic heterocycles. The summed E-state index contributed by atoms with van der Waals surface area (Å²) in [7, 11) is 0. The van der Waals surface area contributed by atoms with Crippen molar-refractivity contribution in [3.8, 4) is 0 Å². The predicted molar refractivity (Wildman–Crippen MR) is 77.3 cm³/mol. The van der Waals surface area contributed by atoms with Crippen LogP contribution in [0.25, 0.3) is 0 Å². The van der Waals surface area contributed by atoms with Crippen LogP contribution in [0.3, 0.4) is 0 Å². The van der Waals surface area contributed by atoms with Gasteiger partial charge in [-0.3, -0.25) is 0 Å². The number of halogens is 1. The summed E-state index contributed by atoms with van der Waals surface area (Å²) in [6.45, 7) is 6.24. The fourth-order valence-electron chi connectivity index (χ4n) is 2.65. The van der Waals surface area contributed by atoms with E-state index in [2.05, 4.69) is 17.9 Å². The third-order valence-electron chi connectivity index (χ3n) is 3.99. The maximum absolute atomic E-state index is 9.57. The van der Waals surface area contributed by atoms with E-state index in [1.54, 1.807) is 6.92 Å². The van der Waals surface area contributed by atoms with Gasteiger partial charge in [0.25, 0.3) is 0 Å². The molecule has 2 rings (SSSR count). The Bertz CT molecular complexity index is 397. The number of aliphatic hydroxyl groups excluding tert-OH is 1. The van der Waals surface area contributed by atoms with Crippen LogP contribution in [0.4, 0.5) is 5.69 Å². The quantitative estimate of drug-likeness (QED) is 0.894. The normalized spacial score (nSPS) is 19.0. The Morgan fingerprint density at radius 1 is 1.39 bits per heavy atom. The van der Waals surface area contributed by atoms with Crippen molar-refractivity contribution < 1.29 is 5.11 Å². The van der Waals surface area contributed by atoms with Gasteiger partial charge in [-0.1, -0.05) is 31.0 Å². The van der Waals surface area contributed by atoms with Crippen LogP contribution in [-0.4, -0.2) is 18.2 Å². The van der Waals surface area contributed by atoms with Gasteiger partial charge in [0.1, 0.15) is 0 Å². The molecule has 3 heteroatoms. The molecule has 100 valence electrons. The lowest BCUT2D eigenvalue weighted by atomic mass is 9.94. The number of nitrogens with zero attached hydrogens (tertiary/aromatic N) is 1. The summed E-state index contributed by atoms with van der Waals surface area (Å²) in [6, 6.07) is 5.99. The highest BCUT2D eigenvalue weighted by Crippen LogP contribution is 2.30. The lowest BCUT2D eigenvalue weighted by Gasteiger charge is -2.33. The van der Waals surface area contributed by atoms with Gasteiger partial charge in [-0.25, -0.2) is 0 Å². The largest absolute Gasteiger partial charge is 0.389 e. The van der Waals surface area contributed by atoms with Gasteiger partial charge in [0.05, 0.1) is 6.10 Å². The van der Waals surface area contributed by atoms with Gasteiger partial charge in [0, 0.05) is 23.8 Å². The van der Waals surface area contributed by atoms with E-state index in [1.807, 2.05) is 12.1 Å². The van der Waals surface area contributed by atoms with Crippen molar-refractivity contribution in [2.75, 3.05) is 18.0 Å². The van der Waals surface area contributed by atoms with Crippen LogP contribution >= 0.6 is 11.6 Å². The Kier molecular flexibility index (Phi) is 4.52. The number of rotatable bonds is 3. The highest BCUT2D eigenvalue weighted by atomic mass is 35.5. The van der Waals surface area contributed by atoms with Crippen molar-refractivity contribution in [1.82, 2.24) is 0 Å². The molecule has 1 saturated heterocycles. The zero-order valence-electron chi connectivity index (χ0n) is 11.2. The van der Waals surface area contributed by atoms with Gasteiger partial charge in [-0.15, -0.1) is 0 Å². The zero-order chi connectivity index (χ0) is 13.1. The third kappa shape index (κ3) is 2.99. The van der Waals surface area contributed by atoms with Crippen molar-refractivity contribution in [1.29, 1.82) is 0 Å². The fourth-order valence-corrected chi connectivity index (χ4v) is 2.98. The number of aliphatic hydroxyl groups is 1. The number of hydrogen-bond acceptors (Lipinski definition) is 2. The summed E-state index contributed by atoms with van der Waals surface area (Å²) in [5, 5.41) is 10.2. The van der Waals surface area contributed by atoms with Crippen LogP contribution in [0.2, 0.25) is 5.02 Å². The molecule has 0 bridgehead atoms. The first kappa shape index (κ1) is 13.7. The number of piperidine rings is 1. The van der Waals surface area contributed by atoms with E-state index in [0.29, 0.717) is 5.02 Å². The summed E-state index contributed by atoms with van der Waals surface area (Å²) >= 11 is 6.21. The second-order valence-electron chi connectivity index (χ2n) is 5.22. The molecule has 2 nitrogen and oxygen atoms in total. The topological polar surface area (TPSA) is 23.5 Å². The van der Waals surface area contributed by atoms with E-state index < -0.39 is 6.10 Å². The van der Waals surface area contributed by atoms with Crippen molar-refractivity contribution in [3.63, 3.8) is 0 Å². The van der Waals surface area contributed by atoms with Crippen molar-refractivity contribution in [2.45, 2.75) is 39.2 Å². The molecule has 1 aromatic carbocycles. The molecule has 1 unspecified atom stereocenters. The Morgan fingerprint density at radius 2 is 2.06 bits per heavy atom. The Balaban J connectivity index is 2.08. The van der Waals surface area contributed by atoms with Crippen LogP contribution in [0, 0.1) is 5.92 Å². The predicted octanol–water partition coefficient (Wildman–Crippen LogP) is 4.02. The van der Waals surface area contributed by atoms with Gasteiger partial charge in [0.2, 0.25) is 0 Å². The maximum atomic E-state index is 9.57. The molecule has 0 aliphatic carbocycles. The number of benzene rings is 1. The first-order valence-electron chi connectivity index (χ1n) is 6.84. The van der Waals surface area contributed by atoms with E-state index in [1.165, 1.54) is 24.9 Å². The lowest BCUT2D eigenvalue weighted by Crippen LogP contribution is -2.33. The SMILES string of the molecule is CCC1CCN(c2ccc(C(C)O)c(Cl)c2)CC1. The van der Waals surface area contributed by atoms with E-state index in [4.69, 9.17) is 11.6 Å². The molecule has 1 N–H and O–H groups in total. The molecular formula is C15H22ClNO. The second-order valence-corrected chi connectivity index (χ2v) is 5.63. The van der Waals surface area contributed by atoms with Crippen LogP contribution in [0.15, 0.2) is 18.2 Å². The molecule has 0 aromatic heterocycles. The molecule has 0 saturated carbocycles. The molecule has 1 aromatic rings. The van der Waals surface area contributed by atoms with Gasteiger partial charge in [-0.2, -0.15) is 0 Å². The van der Waals surface area contributed by atoms with Crippen molar-refractivity contribution in [2.24, 2.45) is 5.92 Å². The van der Waals surface area contributed by atoms with E-state index >= 15 is 0 Å². The molecule has 1 fully saturated rings. The maximum Gasteiger partial charge on any atom is 0.0776 e. The minimum atomic E-state index is -0.502. The number of anilines is 1. The summed E-state index contributed by atoms with van der Waals surface area (Å²) in [5.74, 6) is 0.883. The second kappa shape index (κ2) is 5.94. The summed E-state index contributed by atoms with van der Waals surface area (Å²) in [4.78, 5) is 2.39. The van der Waals surface area contributed by atoms with Crippen LogP contribution in [-0.2, 0) is 0 Å². The highest BCUT2D eigenvalue weighted by molar-refractivity contribution is 6.31. The first-order chi connectivity index (χ1) is 8.61. The zero-order valence-corrected chi connectivity index (χ0v) is 12.0. The molecule has 1 aliphatic rings. The average molecular weight is 268 g/mol. The fraction of sp³-hybridized carbons (Fsp3) is 0.600. The minimum Gasteiger partial charge on any atom is -0.389 e. The average Bonchev–Trinajstić information content (AvgIpc) is 2.38. The molecule has 0 radical (unpaired) electrons. The first-order valence-corrected chi connectivity index (χ1v) is 7.22.